The number of rotatable bonds is 6. The zero-order valence-electron chi connectivity index (χ0n) is 10.2. The summed E-state index contributed by atoms with van der Waals surface area (Å²) in [5, 5.41) is 22.4. The minimum Gasteiger partial charge on any atom is -0.462 e. The SMILES string of the molecule is CCCCC(=O)OC[C@@]1(N=[N+]=[N-])OC[C@@H](O)[C@@H]1O. The number of hydrogen-bond acceptors (Lipinski definition) is 6. The third-order valence-electron chi connectivity index (χ3n) is 2.72. The van der Waals surface area contributed by atoms with Crippen LogP contribution >= 0.6 is 0 Å². The second-order valence-electron chi connectivity index (χ2n) is 4.12. The van der Waals surface area contributed by atoms with E-state index in [9.17, 15) is 15.0 Å². The van der Waals surface area contributed by atoms with Gasteiger partial charge in [0, 0.05) is 11.3 Å². The number of unbranched alkanes of at least 4 members (excludes halogenated alkanes) is 1. The van der Waals surface area contributed by atoms with Crippen molar-refractivity contribution in [2.75, 3.05) is 13.2 Å². The summed E-state index contributed by atoms with van der Waals surface area (Å²) in [6.45, 7) is 1.36. The Morgan fingerprint density at radius 3 is 2.89 bits per heavy atom. The van der Waals surface area contributed by atoms with Gasteiger partial charge in [0.25, 0.3) is 0 Å². The van der Waals surface area contributed by atoms with Crippen molar-refractivity contribution in [2.45, 2.75) is 44.1 Å². The van der Waals surface area contributed by atoms with Crippen LogP contribution in [0.25, 0.3) is 10.4 Å². The summed E-state index contributed by atoms with van der Waals surface area (Å²) in [5.74, 6) is -0.457. The van der Waals surface area contributed by atoms with Crippen LogP contribution in [0.2, 0.25) is 0 Å². The van der Waals surface area contributed by atoms with Gasteiger partial charge in [-0.25, -0.2) is 0 Å². The van der Waals surface area contributed by atoms with Gasteiger partial charge in [0.1, 0.15) is 18.8 Å². The van der Waals surface area contributed by atoms with E-state index in [0.717, 1.165) is 6.42 Å². The highest BCUT2D eigenvalue weighted by atomic mass is 16.6. The van der Waals surface area contributed by atoms with E-state index in [-0.39, 0.29) is 13.0 Å². The van der Waals surface area contributed by atoms with Crippen molar-refractivity contribution < 1.29 is 24.5 Å². The first-order valence-corrected chi connectivity index (χ1v) is 5.77. The summed E-state index contributed by atoms with van der Waals surface area (Å²) in [7, 11) is 0. The fourth-order valence-electron chi connectivity index (χ4n) is 1.60. The summed E-state index contributed by atoms with van der Waals surface area (Å²) in [6, 6.07) is 0. The Morgan fingerprint density at radius 1 is 1.67 bits per heavy atom. The van der Waals surface area contributed by atoms with E-state index in [0.29, 0.717) is 6.42 Å². The van der Waals surface area contributed by atoms with E-state index in [1.165, 1.54) is 0 Å². The second-order valence-corrected chi connectivity index (χ2v) is 4.12. The lowest BCUT2D eigenvalue weighted by molar-refractivity contribution is -0.158. The lowest BCUT2D eigenvalue weighted by Gasteiger charge is -2.25. The first-order chi connectivity index (χ1) is 8.55. The molecule has 18 heavy (non-hydrogen) atoms. The maximum atomic E-state index is 11.3. The van der Waals surface area contributed by atoms with Crippen LogP contribution in [0.3, 0.4) is 0 Å². The van der Waals surface area contributed by atoms with Crippen LogP contribution in [-0.4, -0.2) is 47.3 Å². The Balaban J connectivity index is 2.59. The Kier molecular flexibility index (Phi) is 5.36. The van der Waals surface area contributed by atoms with Crippen LogP contribution in [0.15, 0.2) is 5.11 Å². The Hall–Kier alpha value is -1.34. The van der Waals surface area contributed by atoms with Gasteiger partial charge in [-0.15, -0.1) is 0 Å². The third-order valence-corrected chi connectivity index (χ3v) is 2.72. The molecule has 1 fully saturated rings. The van der Waals surface area contributed by atoms with Crippen molar-refractivity contribution in [3.8, 4) is 0 Å². The molecule has 1 aliphatic rings. The van der Waals surface area contributed by atoms with Crippen LogP contribution in [0, 0.1) is 0 Å². The van der Waals surface area contributed by atoms with Gasteiger partial charge in [-0.05, 0) is 12.0 Å². The van der Waals surface area contributed by atoms with Crippen LogP contribution in [-0.2, 0) is 14.3 Å². The average molecular weight is 259 g/mol. The number of esters is 1. The zero-order valence-corrected chi connectivity index (χ0v) is 10.2. The van der Waals surface area contributed by atoms with E-state index < -0.39 is 30.5 Å². The molecule has 3 atom stereocenters. The van der Waals surface area contributed by atoms with Crippen LogP contribution < -0.4 is 0 Å². The topological polar surface area (TPSA) is 125 Å². The van der Waals surface area contributed by atoms with Crippen molar-refractivity contribution in [1.82, 2.24) is 0 Å². The van der Waals surface area contributed by atoms with E-state index >= 15 is 0 Å². The normalized spacial score (nSPS) is 30.8. The largest absolute Gasteiger partial charge is 0.462 e. The number of ether oxygens (including phenoxy) is 2. The standard InChI is InChI=1S/C10H17N3O5/c1-2-3-4-8(15)17-6-10(12-13-11)9(16)7(14)5-18-10/h7,9,14,16H,2-6H2,1H3/t7-,9+,10-/m1/s1. The van der Waals surface area contributed by atoms with Crippen molar-refractivity contribution in [3.63, 3.8) is 0 Å². The van der Waals surface area contributed by atoms with Gasteiger partial charge in [-0.2, -0.15) is 0 Å². The van der Waals surface area contributed by atoms with E-state index in [4.69, 9.17) is 15.0 Å². The Bertz CT molecular complexity index is 344. The zero-order chi connectivity index (χ0) is 13.6. The van der Waals surface area contributed by atoms with Crippen LogP contribution in [0.4, 0.5) is 0 Å². The molecule has 8 nitrogen and oxygen atoms in total. The first-order valence-electron chi connectivity index (χ1n) is 5.77. The van der Waals surface area contributed by atoms with Gasteiger partial charge >= 0.3 is 5.97 Å². The molecule has 2 N–H and O–H groups in total. The molecule has 0 aromatic rings. The number of aliphatic hydroxyl groups is 2. The highest BCUT2D eigenvalue weighted by Gasteiger charge is 2.49. The van der Waals surface area contributed by atoms with Crippen LogP contribution in [0.5, 0.6) is 0 Å². The average Bonchev–Trinajstić information content (AvgIpc) is 2.63. The fraction of sp³-hybridized carbons (Fsp3) is 0.900. The Morgan fingerprint density at radius 2 is 2.39 bits per heavy atom. The molecule has 1 heterocycles. The molecule has 0 amide bonds. The number of carbonyl (C=O) groups is 1. The molecule has 0 unspecified atom stereocenters. The highest BCUT2D eigenvalue weighted by Crippen LogP contribution is 2.29. The molecule has 0 aromatic carbocycles. The van der Waals surface area contributed by atoms with Gasteiger partial charge in [-0.3, -0.25) is 4.79 Å². The molecule has 1 aliphatic heterocycles. The maximum Gasteiger partial charge on any atom is 0.305 e. The summed E-state index contributed by atoms with van der Waals surface area (Å²) in [6.07, 6.45) is -0.771. The van der Waals surface area contributed by atoms with Gasteiger partial charge < -0.3 is 19.7 Å². The maximum absolute atomic E-state index is 11.3. The summed E-state index contributed by atoms with van der Waals surface area (Å²) >= 11 is 0. The quantitative estimate of drug-likeness (QED) is 0.310. The molecule has 1 rings (SSSR count). The van der Waals surface area contributed by atoms with Crippen LogP contribution in [0.1, 0.15) is 26.2 Å². The predicted octanol–water partition coefficient (Wildman–Crippen LogP) is 0.478. The molecular weight excluding hydrogens is 242 g/mol. The molecule has 0 saturated carbocycles. The summed E-state index contributed by atoms with van der Waals surface area (Å²) in [5.41, 5.74) is 6.72. The molecule has 0 aliphatic carbocycles. The smallest absolute Gasteiger partial charge is 0.305 e. The summed E-state index contributed by atoms with van der Waals surface area (Å²) < 4.78 is 9.97. The predicted molar refractivity (Wildman–Crippen MR) is 60.3 cm³/mol. The lowest BCUT2D eigenvalue weighted by atomic mass is 10.1. The fourth-order valence-corrected chi connectivity index (χ4v) is 1.60. The second kappa shape index (κ2) is 6.55. The van der Waals surface area contributed by atoms with Crippen molar-refractivity contribution in [3.05, 3.63) is 10.4 Å². The number of carbonyl (C=O) groups excluding carboxylic acids is 1. The van der Waals surface area contributed by atoms with Gasteiger partial charge in [0.2, 0.25) is 5.72 Å². The molecule has 0 bridgehead atoms. The minimum atomic E-state index is -1.73. The molecule has 1 saturated heterocycles. The third kappa shape index (κ3) is 3.33. The first kappa shape index (κ1) is 14.7. The molecule has 8 heteroatoms. The van der Waals surface area contributed by atoms with Crippen molar-refractivity contribution in [2.24, 2.45) is 5.11 Å². The molecule has 102 valence electrons. The molecule has 0 radical (unpaired) electrons. The number of hydrogen-bond donors (Lipinski definition) is 2. The number of azide groups is 1. The van der Waals surface area contributed by atoms with Gasteiger partial charge in [0.05, 0.1) is 6.61 Å². The number of aliphatic hydroxyl groups excluding tert-OH is 2. The molecular formula is C10H17N3O5. The number of nitrogens with zero attached hydrogens (tertiary/aromatic N) is 3. The van der Waals surface area contributed by atoms with Crippen molar-refractivity contribution >= 4 is 5.97 Å². The van der Waals surface area contributed by atoms with Gasteiger partial charge in [0.15, 0.2) is 0 Å². The van der Waals surface area contributed by atoms with E-state index in [1.54, 1.807) is 0 Å². The summed E-state index contributed by atoms with van der Waals surface area (Å²) in [4.78, 5) is 13.9. The highest BCUT2D eigenvalue weighted by molar-refractivity contribution is 5.69. The minimum absolute atomic E-state index is 0.174. The van der Waals surface area contributed by atoms with E-state index in [1.807, 2.05) is 6.92 Å². The molecule has 0 aromatic heterocycles. The van der Waals surface area contributed by atoms with E-state index in [2.05, 4.69) is 10.0 Å². The molecule has 0 spiro atoms. The monoisotopic (exact) mass is 259 g/mol. The van der Waals surface area contributed by atoms with Crippen molar-refractivity contribution in [1.29, 1.82) is 0 Å². The Labute approximate surface area is 104 Å². The van der Waals surface area contributed by atoms with Gasteiger partial charge in [-0.1, -0.05) is 18.5 Å². The lowest BCUT2D eigenvalue weighted by Crippen LogP contribution is -2.45.